The van der Waals surface area contributed by atoms with Crippen LogP contribution in [0.3, 0.4) is 0 Å². The highest BCUT2D eigenvalue weighted by Crippen LogP contribution is 2.35. The van der Waals surface area contributed by atoms with Crippen molar-refractivity contribution in [1.82, 2.24) is 14.8 Å². The maximum absolute atomic E-state index is 13.5. The third-order valence-electron chi connectivity index (χ3n) is 6.32. The number of aryl methyl sites for hydroxylation is 1. The van der Waals surface area contributed by atoms with Gasteiger partial charge in [0, 0.05) is 23.1 Å². The third kappa shape index (κ3) is 2.85. The number of hydrogen-bond donors (Lipinski definition) is 1. The molecule has 0 radical (unpaired) electrons. The highest BCUT2D eigenvalue weighted by molar-refractivity contribution is 5.96. The number of fused-ring (bicyclic) bond motifs is 3. The normalized spacial score (nSPS) is 20.1. The lowest BCUT2D eigenvalue weighted by Crippen LogP contribution is -2.39. The van der Waals surface area contributed by atoms with Crippen LogP contribution in [0, 0.1) is 6.92 Å². The second kappa shape index (κ2) is 6.82. The minimum atomic E-state index is 0.0264. The maximum Gasteiger partial charge on any atom is 0.258 e. The number of aromatic nitrogens is 1. The first kappa shape index (κ1) is 17.6. The van der Waals surface area contributed by atoms with Gasteiger partial charge in [-0.2, -0.15) is 0 Å². The zero-order valence-corrected chi connectivity index (χ0v) is 16.6. The number of carbonyl (C=O) groups is 1. The Balaban J connectivity index is 1.44. The van der Waals surface area contributed by atoms with Crippen LogP contribution in [0.5, 0.6) is 0 Å². The molecule has 1 fully saturated rings. The van der Waals surface area contributed by atoms with Crippen molar-refractivity contribution in [3.05, 3.63) is 58.7 Å². The van der Waals surface area contributed by atoms with Gasteiger partial charge in [-0.05, 0) is 63.9 Å². The Morgan fingerprint density at radius 3 is 2.82 bits per heavy atom. The number of amides is 1. The van der Waals surface area contributed by atoms with Gasteiger partial charge in [0.05, 0.1) is 18.2 Å². The second-order valence-corrected chi connectivity index (χ2v) is 8.16. The first-order valence-corrected chi connectivity index (χ1v) is 10.3. The molecular weight excluding hydrogens is 350 g/mol. The predicted octanol–water partition coefficient (Wildman–Crippen LogP) is 4.42. The number of carbonyl (C=O) groups excluding carboxylic acids is 1. The number of nitrogens with one attached hydrogen (secondary N) is 1. The molecule has 1 atom stereocenters. The van der Waals surface area contributed by atoms with Gasteiger partial charge in [-0.1, -0.05) is 18.2 Å². The lowest BCUT2D eigenvalue weighted by molar-refractivity contribution is 0.0671. The molecule has 3 aromatic rings. The number of para-hydroxylation sites is 1. The van der Waals surface area contributed by atoms with Gasteiger partial charge < -0.3 is 14.3 Å². The van der Waals surface area contributed by atoms with Crippen LogP contribution in [-0.4, -0.2) is 40.3 Å². The first-order chi connectivity index (χ1) is 13.6. The Hall–Kier alpha value is -2.53. The van der Waals surface area contributed by atoms with Crippen LogP contribution in [0.1, 0.15) is 58.9 Å². The van der Waals surface area contributed by atoms with E-state index < -0.39 is 0 Å². The fourth-order valence-corrected chi connectivity index (χ4v) is 4.87. The summed E-state index contributed by atoms with van der Waals surface area (Å²) >= 11 is 0. The molecule has 1 aromatic carbocycles. The molecule has 0 spiro atoms. The highest BCUT2D eigenvalue weighted by Gasteiger charge is 2.33. The molecule has 0 unspecified atom stereocenters. The maximum atomic E-state index is 13.5. The summed E-state index contributed by atoms with van der Waals surface area (Å²) in [7, 11) is 0. The van der Waals surface area contributed by atoms with Crippen LogP contribution >= 0.6 is 0 Å². The average Bonchev–Trinajstić information content (AvgIpc) is 3.41. The van der Waals surface area contributed by atoms with Gasteiger partial charge in [0.2, 0.25) is 0 Å². The summed E-state index contributed by atoms with van der Waals surface area (Å²) in [4.78, 5) is 21.4. The van der Waals surface area contributed by atoms with Crippen LogP contribution < -0.4 is 0 Å². The molecular formula is C23H27N3O2. The molecule has 5 nitrogen and oxygen atoms in total. The molecule has 0 saturated carbocycles. The van der Waals surface area contributed by atoms with Crippen LogP contribution in [0.25, 0.3) is 10.9 Å². The standard InChI is InChI=1S/C23H27N3O2/c1-15-13-19(21(28-15)14-25-10-5-6-11-25)23(27)26-12-9-18-17-7-3-4-8-20(17)24-22(18)16(26)2/h3-4,7-8,13,16,24H,5-6,9-12,14H2,1-2H3/t16-/m1/s1. The number of likely N-dealkylation sites (tertiary alicyclic amines) is 1. The van der Waals surface area contributed by atoms with E-state index in [4.69, 9.17) is 4.42 Å². The zero-order valence-electron chi connectivity index (χ0n) is 16.6. The van der Waals surface area contributed by atoms with E-state index in [0.717, 1.165) is 55.2 Å². The molecule has 1 amide bonds. The Morgan fingerprint density at radius 1 is 1.21 bits per heavy atom. The average molecular weight is 377 g/mol. The molecule has 1 saturated heterocycles. The SMILES string of the molecule is Cc1cc(C(=O)N2CCc3c([nH]c4ccccc34)[C@H]2C)c(CN2CCCC2)o1. The lowest BCUT2D eigenvalue weighted by Gasteiger charge is -2.33. The highest BCUT2D eigenvalue weighted by atomic mass is 16.3. The Kier molecular flexibility index (Phi) is 4.27. The minimum Gasteiger partial charge on any atom is -0.464 e. The van der Waals surface area contributed by atoms with Crippen molar-refractivity contribution in [2.45, 2.75) is 45.7 Å². The van der Waals surface area contributed by atoms with Crippen molar-refractivity contribution in [3.63, 3.8) is 0 Å². The molecule has 2 aromatic heterocycles. The number of H-pyrrole nitrogens is 1. The number of furan rings is 1. The van der Waals surface area contributed by atoms with Crippen molar-refractivity contribution < 1.29 is 9.21 Å². The largest absolute Gasteiger partial charge is 0.464 e. The molecule has 1 N–H and O–H groups in total. The number of aromatic amines is 1. The Morgan fingerprint density at radius 2 is 2.00 bits per heavy atom. The zero-order chi connectivity index (χ0) is 19.3. The van der Waals surface area contributed by atoms with Crippen LogP contribution in [-0.2, 0) is 13.0 Å². The lowest BCUT2D eigenvalue weighted by atomic mass is 9.97. The quantitative estimate of drug-likeness (QED) is 0.735. The van der Waals surface area contributed by atoms with E-state index in [2.05, 4.69) is 41.1 Å². The number of benzene rings is 1. The monoisotopic (exact) mass is 377 g/mol. The minimum absolute atomic E-state index is 0.0264. The third-order valence-corrected chi connectivity index (χ3v) is 6.32. The topological polar surface area (TPSA) is 52.5 Å². The fraction of sp³-hybridized carbons (Fsp3) is 0.435. The molecule has 0 bridgehead atoms. The van der Waals surface area contributed by atoms with Gasteiger partial charge in [-0.3, -0.25) is 9.69 Å². The van der Waals surface area contributed by atoms with E-state index in [0.29, 0.717) is 0 Å². The van der Waals surface area contributed by atoms with Crippen molar-refractivity contribution >= 4 is 16.8 Å². The van der Waals surface area contributed by atoms with E-state index in [1.165, 1.54) is 29.5 Å². The van der Waals surface area contributed by atoms with E-state index in [1.807, 2.05) is 17.9 Å². The smallest absolute Gasteiger partial charge is 0.258 e. The molecule has 5 rings (SSSR count). The molecule has 2 aliphatic rings. The van der Waals surface area contributed by atoms with Crippen LogP contribution in [0.2, 0.25) is 0 Å². The van der Waals surface area contributed by atoms with Crippen LogP contribution in [0.4, 0.5) is 0 Å². The summed E-state index contributed by atoms with van der Waals surface area (Å²) in [5.41, 5.74) is 4.41. The van der Waals surface area contributed by atoms with E-state index in [9.17, 15) is 4.79 Å². The predicted molar refractivity (Wildman–Crippen MR) is 109 cm³/mol. The summed E-state index contributed by atoms with van der Waals surface area (Å²) in [5.74, 6) is 1.72. The molecule has 28 heavy (non-hydrogen) atoms. The summed E-state index contributed by atoms with van der Waals surface area (Å²) in [6, 6.07) is 10.4. The van der Waals surface area contributed by atoms with Gasteiger partial charge in [-0.15, -0.1) is 0 Å². The number of hydrogen-bond acceptors (Lipinski definition) is 3. The van der Waals surface area contributed by atoms with Crippen molar-refractivity contribution in [3.8, 4) is 0 Å². The van der Waals surface area contributed by atoms with Gasteiger partial charge in [0.25, 0.3) is 5.91 Å². The first-order valence-electron chi connectivity index (χ1n) is 10.3. The van der Waals surface area contributed by atoms with E-state index >= 15 is 0 Å². The van der Waals surface area contributed by atoms with E-state index in [1.54, 1.807) is 0 Å². The van der Waals surface area contributed by atoms with Crippen LogP contribution in [0.15, 0.2) is 34.7 Å². The summed E-state index contributed by atoms with van der Waals surface area (Å²) < 4.78 is 5.94. The van der Waals surface area contributed by atoms with Gasteiger partial charge in [0.1, 0.15) is 11.5 Å². The fourth-order valence-electron chi connectivity index (χ4n) is 4.87. The molecule has 4 heterocycles. The number of rotatable bonds is 3. The summed E-state index contributed by atoms with van der Waals surface area (Å²) in [5, 5.41) is 1.28. The van der Waals surface area contributed by atoms with E-state index in [-0.39, 0.29) is 11.9 Å². The Bertz CT molecular complexity index is 1030. The second-order valence-electron chi connectivity index (χ2n) is 8.16. The molecule has 5 heteroatoms. The van der Waals surface area contributed by atoms with Gasteiger partial charge in [-0.25, -0.2) is 0 Å². The number of nitrogens with zero attached hydrogens (tertiary/aromatic N) is 2. The van der Waals surface area contributed by atoms with Gasteiger partial charge >= 0.3 is 0 Å². The molecule has 2 aliphatic heterocycles. The summed E-state index contributed by atoms with van der Waals surface area (Å²) in [6.07, 6.45) is 3.35. The molecule has 146 valence electrons. The van der Waals surface area contributed by atoms with Crippen molar-refractivity contribution in [1.29, 1.82) is 0 Å². The molecule has 0 aliphatic carbocycles. The van der Waals surface area contributed by atoms with Crippen molar-refractivity contribution in [2.75, 3.05) is 19.6 Å². The van der Waals surface area contributed by atoms with Gasteiger partial charge in [0.15, 0.2) is 0 Å². The Labute approximate surface area is 165 Å². The van der Waals surface area contributed by atoms with Crippen molar-refractivity contribution in [2.24, 2.45) is 0 Å². The summed E-state index contributed by atoms with van der Waals surface area (Å²) in [6.45, 7) is 7.70.